The molecular formula is C44H34N2O2. The maximum atomic E-state index is 11.2. The van der Waals surface area contributed by atoms with Gasteiger partial charge in [-0.15, -0.1) is 0 Å². The van der Waals surface area contributed by atoms with Crippen LogP contribution in [-0.4, -0.2) is 11.1 Å². The third-order valence-electron chi connectivity index (χ3n) is 8.92. The first-order valence-electron chi connectivity index (χ1n) is 16.0. The number of carboxylic acids is 1. The van der Waals surface area contributed by atoms with Crippen molar-refractivity contribution in [2.45, 2.75) is 26.2 Å². The maximum Gasteiger partial charge on any atom is 0.346 e. The first-order valence-corrected chi connectivity index (χ1v) is 16.0. The van der Waals surface area contributed by atoms with Gasteiger partial charge in [0.2, 0.25) is 0 Å². The normalized spacial score (nSPS) is 12.2. The van der Waals surface area contributed by atoms with Crippen molar-refractivity contribution in [1.29, 1.82) is 5.26 Å². The van der Waals surface area contributed by atoms with Gasteiger partial charge in [0.1, 0.15) is 11.6 Å². The highest BCUT2D eigenvalue weighted by Gasteiger charge is 2.18. The number of nitrogens with zero attached hydrogens (tertiary/aromatic N) is 2. The van der Waals surface area contributed by atoms with Gasteiger partial charge >= 0.3 is 5.97 Å². The van der Waals surface area contributed by atoms with E-state index in [9.17, 15) is 4.79 Å². The van der Waals surface area contributed by atoms with E-state index in [2.05, 4.69) is 135 Å². The lowest BCUT2D eigenvalue weighted by Gasteiger charge is -2.28. The summed E-state index contributed by atoms with van der Waals surface area (Å²) < 4.78 is 0. The Morgan fingerprint density at radius 2 is 1.08 bits per heavy atom. The van der Waals surface area contributed by atoms with Gasteiger partial charge in [0.15, 0.2) is 0 Å². The standard InChI is InChI=1S/C44H34N2O2/c1-44(2,3)37-19-23-39(24-20-37)46(40-26-34-17-15-32-5-4-6-33-16-18-35(27-40)42(34)41(32)33)38-21-13-30(14-22-38)8-7-29-9-11-31(12-10-29)25-36(28-45)43(47)48/h4-27H,1-3H3,(H,47,48). The van der Waals surface area contributed by atoms with Crippen LogP contribution < -0.4 is 4.90 Å². The van der Waals surface area contributed by atoms with Crippen molar-refractivity contribution in [1.82, 2.24) is 0 Å². The molecule has 7 aromatic rings. The Bertz CT molecular complexity index is 2320. The van der Waals surface area contributed by atoms with Gasteiger partial charge in [-0.3, -0.25) is 0 Å². The Labute approximate surface area is 280 Å². The van der Waals surface area contributed by atoms with Crippen molar-refractivity contribution in [3.05, 3.63) is 155 Å². The summed E-state index contributed by atoms with van der Waals surface area (Å²) in [7, 11) is 0. The summed E-state index contributed by atoms with van der Waals surface area (Å²) in [5, 5.41) is 25.7. The Morgan fingerprint density at radius 1 is 0.625 bits per heavy atom. The SMILES string of the molecule is CC(C)(C)c1ccc(N(c2ccc(C=Cc3ccc(C=C(C#N)C(=O)O)cc3)cc2)c2cc3ccc4cccc5ccc(c2)c3c45)cc1. The Balaban J connectivity index is 1.25. The van der Waals surface area contributed by atoms with Crippen LogP contribution >= 0.6 is 0 Å². The minimum absolute atomic E-state index is 0.0586. The number of carboxylic acid groups (broad SMARTS) is 1. The number of nitriles is 1. The zero-order chi connectivity index (χ0) is 33.4. The molecule has 7 rings (SSSR count). The van der Waals surface area contributed by atoms with Crippen molar-refractivity contribution in [2.24, 2.45) is 0 Å². The second-order valence-electron chi connectivity index (χ2n) is 13.2. The second kappa shape index (κ2) is 12.2. The van der Waals surface area contributed by atoms with Crippen LogP contribution in [0.2, 0.25) is 0 Å². The fourth-order valence-electron chi connectivity index (χ4n) is 6.36. The largest absolute Gasteiger partial charge is 0.477 e. The predicted octanol–water partition coefficient (Wildman–Crippen LogP) is 11.5. The lowest BCUT2D eigenvalue weighted by molar-refractivity contribution is -0.132. The highest BCUT2D eigenvalue weighted by Crippen LogP contribution is 2.41. The van der Waals surface area contributed by atoms with E-state index in [4.69, 9.17) is 10.4 Å². The summed E-state index contributed by atoms with van der Waals surface area (Å²) in [4.78, 5) is 13.5. The van der Waals surface area contributed by atoms with E-state index in [0.717, 1.165) is 28.2 Å². The lowest BCUT2D eigenvalue weighted by Crippen LogP contribution is -2.13. The quantitative estimate of drug-likeness (QED) is 0.0831. The molecule has 0 unspecified atom stereocenters. The average molecular weight is 623 g/mol. The molecule has 0 aliphatic rings. The minimum Gasteiger partial charge on any atom is -0.477 e. The van der Waals surface area contributed by atoms with Crippen LogP contribution in [0.25, 0.3) is 50.5 Å². The molecule has 4 heteroatoms. The molecular weight excluding hydrogens is 588 g/mol. The number of hydrogen-bond donors (Lipinski definition) is 1. The molecule has 0 spiro atoms. The van der Waals surface area contributed by atoms with Crippen LogP contribution in [0.1, 0.15) is 43.0 Å². The Hall–Kier alpha value is -6.18. The molecule has 0 aliphatic carbocycles. The summed E-state index contributed by atoms with van der Waals surface area (Å²) >= 11 is 0. The molecule has 232 valence electrons. The van der Waals surface area contributed by atoms with Crippen LogP contribution in [0.5, 0.6) is 0 Å². The molecule has 7 aromatic carbocycles. The Morgan fingerprint density at radius 3 is 1.58 bits per heavy atom. The van der Waals surface area contributed by atoms with Gasteiger partial charge in [-0.2, -0.15) is 5.26 Å². The Kier molecular flexibility index (Phi) is 7.75. The molecule has 4 nitrogen and oxygen atoms in total. The number of carbonyl (C=O) groups is 1. The molecule has 0 radical (unpaired) electrons. The van der Waals surface area contributed by atoms with Gasteiger partial charge in [0, 0.05) is 17.1 Å². The molecule has 0 saturated heterocycles. The van der Waals surface area contributed by atoms with Gasteiger partial charge in [-0.25, -0.2) is 4.79 Å². The van der Waals surface area contributed by atoms with Crippen molar-refractivity contribution in [3.8, 4) is 6.07 Å². The number of aliphatic carboxylic acids is 1. The van der Waals surface area contributed by atoms with E-state index in [1.807, 2.05) is 30.3 Å². The van der Waals surface area contributed by atoms with Gasteiger partial charge in [-0.1, -0.05) is 124 Å². The highest BCUT2D eigenvalue weighted by atomic mass is 16.4. The third kappa shape index (κ3) is 5.90. The topological polar surface area (TPSA) is 64.3 Å². The summed E-state index contributed by atoms with van der Waals surface area (Å²) in [5.41, 5.74) is 7.00. The van der Waals surface area contributed by atoms with Crippen LogP contribution in [0.3, 0.4) is 0 Å². The van der Waals surface area contributed by atoms with E-state index in [-0.39, 0.29) is 11.0 Å². The summed E-state index contributed by atoms with van der Waals surface area (Å²) in [5.74, 6) is -1.23. The fourth-order valence-corrected chi connectivity index (χ4v) is 6.36. The zero-order valence-electron chi connectivity index (χ0n) is 27.1. The molecule has 0 bridgehead atoms. The lowest BCUT2D eigenvalue weighted by atomic mass is 9.87. The molecule has 0 amide bonds. The number of benzene rings is 7. The number of rotatable bonds is 7. The van der Waals surface area contributed by atoms with Crippen LogP contribution in [0.4, 0.5) is 17.1 Å². The highest BCUT2D eigenvalue weighted by molar-refractivity contribution is 6.23. The van der Waals surface area contributed by atoms with Crippen molar-refractivity contribution in [2.75, 3.05) is 4.90 Å². The number of hydrogen-bond acceptors (Lipinski definition) is 3. The zero-order valence-corrected chi connectivity index (χ0v) is 27.1. The van der Waals surface area contributed by atoms with Gasteiger partial charge in [0.25, 0.3) is 0 Å². The smallest absolute Gasteiger partial charge is 0.346 e. The summed E-state index contributed by atoms with van der Waals surface area (Å²) in [6.07, 6.45) is 5.45. The first kappa shape index (κ1) is 30.5. The second-order valence-corrected chi connectivity index (χ2v) is 13.2. The summed E-state index contributed by atoms with van der Waals surface area (Å²) in [6.45, 7) is 6.71. The van der Waals surface area contributed by atoms with E-state index < -0.39 is 5.97 Å². The molecule has 0 aliphatic heterocycles. The van der Waals surface area contributed by atoms with Gasteiger partial charge < -0.3 is 10.0 Å². The molecule has 0 fully saturated rings. The third-order valence-corrected chi connectivity index (χ3v) is 8.92. The first-order chi connectivity index (χ1) is 23.2. The van der Waals surface area contributed by atoms with Crippen molar-refractivity contribution in [3.63, 3.8) is 0 Å². The molecule has 1 N–H and O–H groups in total. The van der Waals surface area contributed by atoms with Crippen molar-refractivity contribution >= 4 is 73.6 Å². The monoisotopic (exact) mass is 622 g/mol. The summed E-state index contributed by atoms with van der Waals surface area (Å²) in [6, 6.07) is 46.6. The van der Waals surface area contributed by atoms with E-state index >= 15 is 0 Å². The van der Waals surface area contributed by atoms with Crippen LogP contribution in [0.15, 0.2) is 133 Å². The molecule has 0 aromatic heterocycles. The average Bonchev–Trinajstić information content (AvgIpc) is 3.09. The van der Waals surface area contributed by atoms with Gasteiger partial charge in [-0.05, 0) is 102 Å². The molecule has 0 heterocycles. The van der Waals surface area contributed by atoms with E-state index in [0.29, 0.717) is 5.56 Å². The molecule has 0 saturated carbocycles. The predicted molar refractivity (Wildman–Crippen MR) is 200 cm³/mol. The fraction of sp³-hybridized carbons (Fsp3) is 0.0909. The minimum atomic E-state index is -1.23. The maximum absolute atomic E-state index is 11.2. The van der Waals surface area contributed by atoms with E-state index in [1.54, 1.807) is 6.07 Å². The van der Waals surface area contributed by atoms with Gasteiger partial charge in [0.05, 0.1) is 0 Å². The van der Waals surface area contributed by atoms with Crippen LogP contribution in [-0.2, 0) is 10.2 Å². The van der Waals surface area contributed by atoms with E-state index in [1.165, 1.54) is 44.0 Å². The van der Waals surface area contributed by atoms with Crippen molar-refractivity contribution < 1.29 is 9.90 Å². The number of anilines is 3. The molecule has 0 atom stereocenters. The molecule has 48 heavy (non-hydrogen) atoms. The van der Waals surface area contributed by atoms with Crippen LogP contribution in [0, 0.1) is 11.3 Å².